The Balaban J connectivity index is 2.24. The Morgan fingerprint density at radius 3 is 2.75 bits per heavy atom. The quantitative estimate of drug-likeness (QED) is 0.846. The third-order valence-corrected chi connectivity index (χ3v) is 2.58. The van der Waals surface area contributed by atoms with E-state index in [9.17, 15) is 0 Å². The van der Waals surface area contributed by atoms with Gasteiger partial charge in [0.1, 0.15) is 5.82 Å². The van der Waals surface area contributed by atoms with Crippen LogP contribution in [0.2, 0.25) is 0 Å². The van der Waals surface area contributed by atoms with E-state index in [0.29, 0.717) is 6.54 Å². The first-order valence-electron chi connectivity index (χ1n) is 5.35. The van der Waals surface area contributed by atoms with Crippen LogP contribution < -0.4 is 5.73 Å². The first-order chi connectivity index (χ1) is 7.79. The van der Waals surface area contributed by atoms with E-state index in [4.69, 9.17) is 5.73 Å². The first-order valence-corrected chi connectivity index (χ1v) is 5.35. The maximum Gasteiger partial charge on any atom is 0.132 e. The van der Waals surface area contributed by atoms with Crippen molar-refractivity contribution in [2.75, 3.05) is 0 Å². The fourth-order valence-electron chi connectivity index (χ4n) is 1.62. The summed E-state index contributed by atoms with van der Waals surface area (Å²) in [5, 5.41) is 0. The van der Waals surface area contributed by atoms with Gasteiger partial charge in [0.2, 0.25) is 0 Å². The van der Waals surface area contributed by atoms with E-state index in [-0.39, 0.29) is 0 Å². The summed E-state index contributed by atoms with van der Waals surface area (Å²) in [5.41, 5.74) is 8.97. The van der Waals surface area contributed by atoms with Crippen LogP contribution in [0.4, 0.5) is 0 Å². The lowest BCUT2D eigenvalue weighted by molar-refractivity contribution is 0.888. The van der Waals surface area contributed by atoms with Gasteiger partial charge in [-0.25, -0.2) is 9.97 Å². The predicted octanol–water partition coefficient (Wildman–Crippen LogP) is 1.83. The van der Waals surface area contributed by atoms with Gasteiger partial charge in [-0.05, 0) is 24.1 Å². The van der Waals surface area contributed by atoms with Gasteiger partial charge in [0.25, 0.3) is 0 Å². The van der Waals surface area contributed by atoms with Crippen molar-refractivity contribution in [1.82, 2.24) is 9.97 Å². The standard InChI is InChI=1S/C13H15N3/c1-10-4-2-3-5-11(10)8-13-15-7-6-12(9-14)16-13/h2-7H,8-9,14H2,1H3. The first kappa shape index (κ1) is 10.8. The molecule has 1 heterocycles. The van der Waals surface area contributed by atoms with E-state index < -0.39 is 0 Å². The minimum atomic E-state index is 0.462. The molecule has 16 heavy (non-hydrogen) atoms. The molecule has 0 saturated carbocycles. The van der Waals surface area contributed by atoms with Crippen LogP contribution in [0.25, 0.3) is 0 Å². The maximum absolute atomic E-state index is 5.55. The van der Waals surface area contributed by atoms with Gasteiger partial charge in [0.15, 0.2) is 0 Å². The zero-order valence-electron chi connectivity index (χ0n) is 9.35. The Hall–Kier alpha value is -1.74. The Bertz CT molecular complexity index is 480. The summed E-state index contributed by atoms with van der Waals surface area (Å²) in [6.45, 7) is 2.56. The van der Waals surface area contributed by atoms with Crippen LogP contribution in [0.3, 0.4) is 0 Å². The molecular weight excluding hydrogens is 198 g/mol. The molecule has 0 radical (unpaired) electrons. The van der Waals surface area contributed by atoms with Crippen molar-refractivity contribution in [3.63, 3.8) is 0 Å². The van der Waals surface area contributed by atoms with Crippen LogP contribution in [0.15, 0.2) is 36.5 Å². The van der Waals surface area contributed by atoms with Gasteiger partial charge in [-0.1, -0.05) is 24.3 Å². The zero-order chi connectivity index (χ0) is 11.4. The van der Waals surface area contributed by atoms with E-state index in [1.54, 1.807) is 6.20 Å². The van der Waals surface area contributed by atoms with Gasteiger partial charge in [-0.3, -0.25) is 0 Å². The molecule has 0 aliphatic rings. The highest BCUT2D eigenvalue weighted by Gasteiger charge is 2.02. The average molecular weight is 213 g/mol. The van der Waals surface area contributed by atoms with Crippen LogP contribution >= 0.6 is 0 Å². The molecule has 1 aromatic carbocycles. The van der Waals surface area contributed by atoms with Crippen molar-refractivity contribution in [3.05, 3.63) is 59.2 Å². The molecule has 2 aromatic rings. The number of hydrogen-bond donors (Lipinski definition) is 1. The molecule has 3 nitrogen and oxygen atoms in total. The van der Waals surface area contributed by atoms with Crippen molar-refractivity contribution >= 4 is 0 Å². The van der Waals surface area contributed by atoms with Crippen molar-refractivity contribution in [1.29, 1.82) is 0 Å². The second-order valence-corrected chi connectivity index (χ2v) is 3.77. The summed E-state index contributed by atoms with van der Waals surface area (Å²) >= 11 is 0. The number of rotatable bonds is 3. The lowest BCUT2D eigenvalue weighted by Gasteiger charge is -2.05. The topological polar surface area (TPSA) is 51.8 Å². The highest BCUT2D eigenvalue weighted by atomic mass is 14.9. The van der Waals surface area contributed by atoms with Gasteiger partial charge >= 0.3 is 0 Å². The summed E-state index contributed by atoms with van der Waals surface area (Å²) < 4.78 is 0. The number of aromatic nitrogens is 2. The highest BCUT2D eigenvalue weighted by Crippen LogP contribution is 2.10. The molecule has 0 saturated heterocycles. The Morgan fingerprint density at radius 2 is 2.00 bits per heavy atom. The molecule has 0 aliphatic carbocycles. The van der Waals surface area contributed by atoms with Crippen molar-refractivity contribution in [3.8, 4) is 0 Å². The summed E-state index contributed by atoms with van der Waals surface area (Å²) in [4.78, 5) is 8.65. The van der Waals surface area contributed by atoms with Crippen LogP contribution in [0.1, 0.15) is 22.6 Å². The summed E-state index contributed by atoms with van der Waals surface area (Å²) in [5.74, 6) is 0.831. The number of hydrogen-bond acceptors (Lipinski definition) is 3. The fraction of sp³-hybridized carbons (Fsp3) is 0.231. The monoisotopic (exact) mass is 213 g/mol. The Morgan fingerprint density at radius 1 is 1.19 bits per heavy atom. The van der Waals surface area contributed by atoms with Gasteiger partial charge in [0, 0.05) is 19.2 Å². The summed E-state index contributed by atoms with van der Waals surface area (Å²) in [6.07, 6.45) is 2.53. The number of benzene rings is 1. The zero-order valence-corrected chi connectivity index (χ0v) is 9.35. The molecule has 0 aliphatic heterocycles. The molecule has 82 valence electrons. The fourth-order valence-corrected chi connectivity index (χ4v) is 1.62. The lowest BCUT2D eigenvalue weighted by Crippen LogP contribution is -2.04. The molecule has 0 atom stereocenters. The number of nitrogens with zero attached hydrogens (tertiary/aromatic N) is 2. The highest BCUT2D eigenvalue weighted by molar-refractivity contribution is 5.28. The van der Waals surface area contributed by atoms with Crippen LogP contribution in [0, 0.1) is 6.92 Å². The van der Waals surface area contributed by atoms with Crippen molar-refractivity contribution in [2.45, 2.75) is 19.9 Å². The van der Waals surface area contributed by atoms with E-state index >= 15 is 0 Å². The van der Waals surface area contributed by atoms with E-state index in [2.05, 4.69) is 29.0 Å². The maximum atomic E-state index is 5.55. The van der Waals surface area contributed by atoms with E-state index in [0.717, 1.165) is 17.9 Å². The smallest absolute Gasteiger partial charge is 0.132 e. The van der Waals surface area contributed by atoms with Gasteiger partial charge in [-0.2, -0.15) is 0 Å². The van der Waals surface area contributed by atoms with Crippen LogP contribution in [0.5, 0.6) is 0 Å². The second kappa shape index (κ2) is 4.86. The van der Waals surface area contributed by atoms with E-state index in [1.165, 1.54) is 11.1 Å². The number of aryl methyl sites for hydroxylation is 1. The molecule has 0 unspecified atom stereocenters. The number of nitrogens with two attached hydrogens (primary N) is 1. The molecule has 0 amide bonds. The molecular formula is C13H15N3. The van der Waals surface area contributed by atoms with Crippen molar-refractivity contribution < 1.29 is 0 Å². The van der Waals surface area contributed by atoms with Gasteiger partial charge < -0.3 is 5.73 Å². The molecule has 1 aromatic heterocycles. The van der Waals surface area contributed by atoms with Crippen LogP contribution in [-0.2, 0) is 13.0 Å². The van der Waals surface area contributed by atoms with Crippen LogP contribution in [-0.4, -0.2) is 9.97 Å². The lowest BCUT2D eigenvalue weighted by atomic mass is 10.1. The molecule has 0 bridgehead atoms. The van der Waals surface area contributed by atoms with E-state index in [1.807, 2.05) is 18.2 Å². The SMILES string of the molecule is Cc1ccccc1Cc1nccc(CN)n1. The third kappa shape index (κ3) is 2.44. The minimum absolute atomic E-state index is 0.462. The predicted molar refractivity (Wildman–Crippen MR) is 63.9 cm³/mol. The van der Waals surface area contributed by atoms with Gasteiger partial charge in [0.05, 0.1) is 5.69 Å². The summed E-state index contributed by atoms with van der Waals surface area (Å²) in [7, 11) is 0. The van der Waals surface area contributed by atoms with Crippen molar-refractivity contribution in [2.24, 2.45) is 5.73 Å². The minimum Gasteiger partial charge on any atom is -0.325 e. The molecule has 0 fully saturated rings. The average Bonchev–Trinajstić information content (AvgIpc) is 2.32. The normalized spacial score (nSPS) is 10.4. The molecule has 3 heteroatoms. The van der Waals surface area contributed by atoms with Gasteiger partial charge in [-0.15, -0.1) is 0 Å². The largest absolute Gasteiger partial charge is 0.325 e. The summed E-state index contributed by atoms with van der Waals surface area (Å²) in [6, 6.07) is 10.1. The Labute approximate surface area is 95.4 Å². The Kier molecular flexibility index (Phi) is 3.27. The third-order valence-electron chi connectivity index (χ3n) is 2.58. The molecule has 0 spiro atoms. The second-order valence-electron chi connectivity index (χ2n) is 3.77. The molecule has 2 N–H and O–H groups in total. The molecule has 2 rings (SSSR count).